The third-order valence-electron chi connectivity index (χ3n) is 5.30. The average molecular weight is 453 g/mol. The fourth-order valence-electron chi connectivity index (χ4n) is 3.73. The summed E-state index contributed by atoms with van der Waals surface area (Å²) in [6, 6.07) is 23.5. The van der Waals surface area contributed by atoms with Crippen molar-refractivity contribution in [3.05, 3.63) is 84.6 Å². The topological polar surface area (TPSA) is 96.3 Å². The molecule has 3 N–H and O–H groups in total. The molecule has 0 atom stereocenters. The van der Waals surface area contributed by atoms with Gasteiger partial charge in [-0.2, -0.15) is 5.26 Å². The van der Waals surface area contributed by atoms with E-state index in [4.69, 9.17) is 0 Å². The molecule has 0 aliphatic carbocycles. The van der Waals surface area contributed by atoms with E-state index in [-0.39, 0.29) is 5.91 Å². The van der Waals surface area contributed by atoms with Crippen LogP contribution in [0, 0.1) is 11.5 Å². The minimum absolute atomic E-state index is 0.0604. The maximum absolute atomic E-state index is 12.7. The third-order valence-corrected chi connectivity index (χ3v) is 6.35. The summed E-state index contributed by atoms with van der Waals surface area (Å²) in [6.07, 6.45) is 3.81. The number of fused-ring (bicyclic) bond motifs is 2. The molecule has 1 amide bonds. The van der Waals surface area contributed by atoms with Gasteiger partial charge in [0.25, 0.3) is 0 Å². The molecule has 5 rings (SSSR count). The number of rotatable bonds is 4. The summed E-state index contributed by atoms with van der Waals surface area (Å²) in [5.74, 6) is 0.768. The highest BCUT2D eigenvalue weighted by molar-refractivity contribution is 8.00. The molecule has 3 aromatic carbocycles. The lowest BCUT2D eigenvalue weighted by Crippen LogP contribution is -2.34. The molecule has 0 fully saturated rings. The van der Waals surface area contributed by atoms with Crippen LogP contribution >= 0.6 is 11.8 Å². The van der Waals surface area contributed by atoms with Gasteiger partial charge in [0.15, 0.2) is 6.19 Å². The second-order valence-electron chi connectivity index (χ2n) is 7.51. The lowest BCUT2D eigenvalue weighted by atomic mass is 10.2. The number of nitrogens with zero attached hydrogens (tertiary/aromatic N) is 3. The average Bonchev–Trinajstić information content (AvgIpc) is 3.30. The number of hydrogen-bond acceptors (Lipinski definition) is 4. The van der Waals surface area contributed by atoms with Gasteiger partial charge in [-0.15, -0.1) is 11.8 Å². The summed E-state index contributed by atoms with van der Waals surface area (Å²) in [6.45, 7) is 0.498. The van der Waals surface area contributed by atoms with Crippen LogP contribution in [0.1, 0.15) is 5.56 Å². The van der Waals surface area contributed by atoms with Crippen LogP contribution in [-0.4, -0.2) is 22.6 Å². The predicted molar refractivity (Wildman–Crippen MR) is 133 cm³/mol. The predicted octanol–water partition coefficient (Wildman–Crippen LogP) is 4.98. The van der Waals surface area contributed by atoms with Crippen molar-refractivity contribution in [2.45, 2.75) is 11.4 Å². The number of nitriles is 1. The van der Waals surface area contributed by atoms with Crippen LogP contribution in [0.15, 0.2) is 88.9 Å². The first-order valence-corrected chi connectivity index (χ1v) is 11.4. The van der Waals surface area contributed by atoms with E-state index in [1.54, 1.807) is 4.90 Å². The van der Waals surface area contributed by atoms with Gasteiger partial charge in [-0.25, -0.2) is 4.99 Å². The van der Waals surface area contributed by atoms with Gasteiger partial charge in [0.2, 0.25) is 11.9 Å². The molecular weight excluding hydrogens is 432 g/mol. The number of hydrogen-bond donors (Lipinski definition) is 3. The molecule has 0 bridgehead atoms. The van der Waals surface area contributed by atoms with E-state index >= 15 is 0 Å². The van der Waals surface area contributed by atoms with Crippen LogP contribution in [0.5, 0.6) is 0 Å². The van der Waals surface area contributed by atoms with E-state index in [9.17, 15) is 10.1 Å². The van der Waals surface area contributed by atoms with Crippen molar-refractivity contribution in [1.29, 1.82) is 5.26 Å². The summed E-state index contributed by atoms with van der Waals surface area (Å²) in [5, 5.41) is 16.1. The number of aliphatic imine (C=N–C) groups is 1. The number of guanidine groups is 1. The lowest BCUT2D eigenvalue weighted by Gasteiger charge is -2.29. The van der Waals surface area contributed by atoms with Gasteiger partial charge < -0.3 is 15.2 Å². The van der Waals surface area contributed by atoms with E-state index in [2.05, 4.69) is 20.6 Å². The first-order chi connectivity index (χ1) is 16.2. The number of nitrogens with one attached hydrogen (secondary N) is 3. The van der Waals surface area contributed by atoms with Crippen molar-refractivity contribution in [2.24, 2.45) is 4.99 Å². The number of carbonyl (C=O) groups is 1. The molecule has 0 saturated heterocycles. The standard InChI is InChI=1S/C25H20N6OS/c26-16-28-25(29-19-7-6-18-10-11-27-21(18)12-19)30-20-8-9-23-22(13-20)31(24(32)15-33-23)14-17-4-2-1-3-5-17/h1-13,27H,14-15H2,(H2,28,29,30). The number of aromatic amines is 1. The van der Waals surface area contributed by atoms with Crippen LogP contribution in [0.4, 0.5) is 17.1 Å². The number of amides is 1. The fraction of sp³-hybridized carbons (Fsp3) is 0.0800. The summed E-state index contributed by atoms with van der Waals surface area (Å²) < 4.78 is 0. The van der Waals surface area contributed by atoms with Crippen molar-refractivity contribution in [3.63, 3.8) is 0 Å². The van der Waals surface area contributed by atoms with Gasteiger partial charge in [0, 0.05) is 22.3 Å². The van der Waals surface area contributed by atoms with E-state index < -0.39 is 0 Å². The van der Waals surface area contributed by atoms with Crippen LogP contribution < -0.4 is 15.5 Å². The minimum atomic E-state index is 0.0604. The van der Waals surface area contributed by atoms with Crippen molar-refractivity contribution in [2.75, 3.05) is 16.0 Å². The van der Waals surface area contributed by atoms with E-state index in [0.717, 1.165) is 32.7 Å². The molecule has 0 spiro atoms. The molecule has 4 aromatic rings. The van der Waals surface area contributed by atoms with Gasteiger partial charge in [0.1, 0.15) is 0 Å². The highest BCUT2D eigenvalue weighted by atomic mass is 32.2. The zero-order chi connectivity index (χ0) is 22.6. The molecule has 1 aliphatic heterocycles. The largest absolute Gasteiger partial charge is 0.361 e. The first-order valence-electron chi connectivity index (χ1n) is 10.4. The number of carbonyl (C=O) groups excluding carboxylic acids is 1. The van der Waals surface area contributed by atoms with Gasteiger partial charge in [-0.3, -0.25) is 10.1 Å². The van der Waals surface area contributed by atoms with Crippen molar-refractivity contribution < 1.29 is 4.79 Å². The van der Waals surface area contributed by atoms with Gasteiger partial charge in [0.05, 0.1) is 23.7 Å². The Morgan fingerprint density at radius 2 is 2.00 bits per heavy atom. The van der Waals surface area contributed by atoms with E-state index in [1.807, 2.05) is 85.2 Å². The molecule has 8 heteroatoms. The first kappa shape index (κ1) is 20.7. The van der Waals surface area contributed by atoms with Crippen LogP contribution in [0.2, 0.25) is 0 Å². The maximum atomic E-state index is 12.7. The Morgan fingerprint density at radius 3 is 2.85 bits per heavy atom. The number of H-pyrrole nitrogens is 1. The Hall–Kier alpha value is -4.22. The Labute approximate surface area is 195 Å². The highest BCUT2D eigenvalue weighted by Crippen LogP contribution is 2.38. The molecule has 0 saturated carbocycles. The van der Waals surface area contributed by atoms with Crippen molar-refractivity contribution >= 4 is 51.6 Å². The van der Waals surface area contributed by atoms with Gasteiger partial charge >= 0.3 is 0 Å². The minimum Gasteiger partial charge on any atom is -0.361 e. The Balaban J connectivity index is 1.45. The third kappa shape index (κ3) is 4.54. The number of benzene rings is 3. The van der Waals surface area contributed by atoms with Gasteiger partial charge in [-0.1, -0.05) is 36.4 Å². The second kappa shape index (κ2) is 9.10. The smallest absolute Gasteiger partial charge is 0.237 e. The molecular formula is C25H20N6OS. The van der Waals surface area contributed by atoms with E-state index in [1.165, 1.54) is 11.8 Å². The maximum Gasteiger partial charge on any atom is 0.237 e. The van der Waals surface area contributed by atoms with Crippen LogP contribution in [0.3, 0.4) is 0 Å². The Kier molecular flexibility index (Phi) is 5.70. The molecule has 33 heavy (non-hydrogen) atoms. The van der Waals surface area contributed by atoms with E-state index in [0.29, 0.717) is 23.9 Å². The number of anilines is 2. The SMILES string of the molecule is N#CNC(=Nc1ccc2c(c1)N(Cc1ccccc1)C(=O)CS2)Nc1ccc2cc[nH]c2c1. The Morgan fingerprint density at radius 1 is 1.12 bits per heavy atom. The number of aromatic nitrogens is 1. The molecule has 1 aromatic heterocycles. The zero-order valence-corrected chi connectivity index (χ0v) is 18.4. The van der Waals surface area contributed by atoms with Crippen LogP contribution in [-0.2, 0) is 11.3 Å². The molecule has 162 valence electrons. The normalized spacial score (nSPS) is 13.5. The lowest BCUT2D eigenvalue weighted by molar-refractivity contribution is -0.116. The molecule has 2 heterocycles. The zero-order valence-electron chi connectivity index (χ0n) is 17.6. The van der Waals surface area contributed by atoms with Gasteiger partial charge in [-0.05, 0) is 47.3 Å². The molecule has 0 radical (unpaired) electrons. The van der Waals surface area contributed by atoms with Crippen molar-refractivity contribution in [1.82, 2.24) is 10.3 Å². The quantitative estimate of drug-likeness (QED) is 0.176. The van der Waals surface area contributed by atoms with Crippen LogP contribution in [0.25, 0.3) is 10.9 Å². The van der Waals surface area contributed by atoms with Crippen molar-refractivity contribution in [3.8, 4) is 6.19 Å². The second-order valence-corrected chi connectivity index (χ2v) is 8.53. The molecule has 7 nitrogen and oxygen atoms in total. The summed E-state index contributed by atoms with van der Waals surface area (Å²) >= 11 is 1.53. The highest BCUT2D eigenvalue weighted by Gasteiger charge is 2.25. The fourth-order valence-corrected chi connectivity index (χ4v) is 4.65. The summed E-state index contributed by atoms with van der Waals surface area (Å²) in [7, 11) is 0. The molecule has 1 aliphatic rings. The number of thioether (sulfide) groups is 1. The summed E-state index contributed by atoms with van der Waals surface area (Å²) in [4.78, 5) is 23.3. The summed E-state index contributed by atoms with van der Waals surface area (Å²) in [5.41, 5.74) is 4.29. The monoisotopic (exact) mass is 452 g/mol. The Bertz CT molecular complexity index is 1390. The molecule has 0 unspecified atom stereocenters.